The van der Waals surface area contributed by atoms with Crippen molar-refractivity contribution in [3.8, 4) is 6.07 Å². The van der Waals surface area contributed by atoms with Crippen molar-refractivity contribution in [2.24, 2.45) is 0 Å². The zero-order valence-electron chi connectivity index (χ0n) is 16.5. The fraction of sp³-hybridized carbons (Fsp3) is 0.476. The highest BCUT2D eigenvalue weighted by atomic mass is 35.5. The van der Waals surface area contributed by atoms with E-state index in [0.29, 0.717) is 32.0 Å². The minimum absolute atomic E-state index is 0.0454. The molecule has 1 fully saturated rings. The molecule has 1 saturated heterocycles. The van der Waals surface area contributed by atoms with Gasteiger partial charge in [0, 0.05) is 25.1 Å². The molecule has 0 bridgehead atoms. The van der Waals surface area contributed by atoms with Crippen molar-refractivity contribution < 1.29 is 9.53 Å². The Bertz CT molecular complexity index is 982. The van der Waals surface area contributed by atoms with E-state index in [2.05, 4.69) is 11.4 Å². The standard InChI is InChI=1S/C21H25ClN4O3/c1-2-29-12-11-25-17-8-4-3-7-15(17)20(16(14-23)21(25)28)24-18-9-5-6-10-26(18)19(27)13-22/h3-4,7-8,18,24H,2,5-6,9-13H2,1H3. The number of piperidine rings is 1. The summed E-state index contributed by atoms with van der Waals surface area (Å²) in [5.74, 6) is -0.250. The first-order valence-corrected chi connectivity index (χ1v) is 10.4. The van der Waals surface area contributed by atoms with Crippen LogP contribution in [0.2, 0.25) is 0 Å². The molecule has 1 atom stereocenters. The smallest absolute Gasteiger partial charge is 0.271 e. The Morgan fingerprint density at radius 1 is 1.38 bits per heavy atom. The van der Waals surface area contributed by atoms with E-state index in [9.17, 15) is 14.9 Å². The summed E-state index contributed by atoms with van der Waals surface area (Å²) in [5.41, 5.74) is 0.883. The number of fused-ring (bicyclic) bond motifs is 1. The Labute approximate surface area is 174 Å². The van der Waals surface area contributed by atoms with Crippen LogP contribution in [-0.4, -0.2) is 47.2 Å². The summed E-state index contributed by atoms with van der Waals surface area (Å²) >= 11 is 5.78. The highest BCUT2D eigenvalue weighted by molar-refractivity contribution is 6.27. The molecule has 0 saturated carbocycles. The molecular formula is C21H25ClN4O3. The number of ether oxygens (including phenoxy) is 1. The van der Waals surface area contributed by atoms with E-state index in [4.69, 9.17) is 16.3 Å². The number of alkyl halides is 1. The Morgan fingerprint density at radius 2 is 2.17 bits per heavy atom. The predicted octanol–water partition coefficient (Wildman–Crippen LogP) is 2.90. The van der Waals surface area contributed by atoms with Gasteiger partial charge in [-0.25, -0.2) is 0 Å². The van der Waals surface area contributed by atoms with Gasteiger partial charge in [-0.1, -0.05) is 18.2 Å². The molecule has 2 heterocycles. The van der Waals surface area contributed by atoms with E-state index in [-0.39, 0.29) is 29.1 Å². The number of nitriles is 1. The molecule has 1 amide bonds. The number of hydrogen-bond acceptors (Lipinski definition) is 5. The van der Waals surface area contributed by atoms with Crippen LogP contribution in [-0.2, 0) is 16.1 Å². The summed E-state index contributed by atoms with van der Waals surface area (Å²) in [4.78, 5) is 27.0. The first kappa shape index (κ1) is 21.2. The van der Waals surface area contributed by atoms with Crippen molar-refractivity contribution in [2.45, 2.75) is 38.9 Å². The van der Waals surface area contributed by atoms with E-state index in [1.807, 2.05) is 31.2 Å². The molecule has 8 heteroatoms. The van der Waals surface area contributed by atoms with Crippen molar-refractivity contribution in [2.75, 3.05) is 31.0 Å². The SMILES string of the molecule is CCOCCn1c(=O)c(C#N)c(NC2CCCCN2C(=O)CCl)c2ccccc21. The van der Waals surface area contributed by atoms with Gasteiger partial charge in [0.1, 0.15) is 23.7 Å². The molecule has 1 aromatic heterocycles. The van der Waals surface area contributed by atoms with Crippen LogP contribution < -0.4 is 10.9 Å². The lowest BCUT2D eigenvalue weighted by Gasteiger charge is -2.37. The number of pyridine rings is 1. The molecule has 1 aliphatic rings. The van der Waals surface area contributed by atoms with Gasteiger partial charge in [-0.3, -0.25) is 9.59 Å². The van der Waals surface area contributed by atoms with Gasteiger partial charge in [0.15, 0.2) is 0 Å². The number of hydrogen-bond donors (Lipinski definition) is 1. The van der Waals surface area contributed by atoms with Crippen LogP contribution in [0.25, 0.3) is 10.9 Å². The number of carbonyl (C=O) groups is 1. The largest absolute Gasteiger partial charge is 0.380 e. The highest BCUT2D eigenvalue weighted by Crippen LogP contribution is 2.28. The number of amides is 1. The lowest BCUT2D eigenvalue weighted by molar-refractivity contribution is -0.131. The van der Waals surface area contributed by atoms with E-state index >= 15 is 0 Å². The first-order chi connectivity index (χ1) is 14.1. The lowest BCUT2D eigenvalue weighted by Crippen LogP contribution is -2.48. The highest BCUT2D eigenvalue weighted by Gasteiger charge is 2.28. The Hall–Kier alpha value is -2.56. The van der Waals surface area contributed by atoms with Crippen molar-refractivity contribution in [3.63, 3.8) is 0 Å². The fourth-order valence-corrected chi connectivity index (χ4v) is 3.96. The maximum atomic E-state index is 13.1. The van der Waals surface area contributed by atoms with Crippen LogP contribution in [0, 0.1) is 11.3 Å². The van der Waals surface area contributed by atoms with Crippen LogP contribution >= 0.6 is 11.6 Å². The van der Waals surface area contributed by atoms with Crippen molar-refractivity contribution in [1.29, 1.82) is 5.26 Å². The van der Waals surface area contributed by atoms with Crippen LogP contribution in [0.3, 0.4) is 0 Å². The first-order valence-electron chi connectivity index (χ1n) is 9.87. The predicted molar refractivity (Wildman–Crippen MR) is 113 cm³/mol. The maximum Gasteiger partial charge on any atom is 0.271 e. The van der Waals surface area contributed by atoms with E-state index in [0.717, 1.165) is 30.2 Å². The van der Waals surface area contributed by atoms with E-state index in [1.165, 1.54) is 0 Å². The molecule has 1 aliphatic heterocycles. The lowest BCUT2D eigenvalue weighted by atomic mass is 10.0. The number of halogens is 1. The third-order valence-corrected chi connectivity index (χ3v) is 5.43. The van der Waals surface area contributed by atoms with Crippen molar-refractivity contribution in [1.82, 2.24) is 9.47 Å². The van der Waals surface area contributed by atoms with Gasteiger partial charge < -0.3 is 19.5 Å². The maximum absolute atomic E-state index is 13.1. The number of carbonyl (C=O) groups excluding carboxylic acids is 1. The average Bonchev–Trinajstić information content (AvgIpc) is 2.76. The molecule has 1 unspecified atom stereocenters. The van der Waals surface area contributed by atoms with Crippen LogP contribution in [0.1, 0.15) is 31.7 Å². The number of nitrogens with one attached hydrogen (secondary N) is 1. The van der Waals surface area contributed by atoms with Crippen LogP contribution in [0.4, 0.5) is 5.69 Å². The monoisotopic (exact) mass is 416 g/mol. The Morgan fingerprint density at radius 3 is 2.90 bits per heavy atom. The molecule has 0 aliphatic carbocycles. The van der Waals surface area contributed by atoms with Crippen molar-refractivity contribution in [3.05, 3.63) is 40.2 Å². The topological polar surface area (TPSA) is 87.4 Å². The molecule has 3 rings (SSSR count). The van der Waals surface area contributed by atoms with Gasteiger partial charge in [-0.2, -0.15) is 5.26 Å². The number of para-hydroxylation sites is 1. The summed E-state index contributed by atoms with van der Waals surface area (Å²) in [6.45, 7) is 3.81. The van der Waals surface area contributed by atoms with E-state index in [1.54, 1.807) is 9.47 Å². The van der Waals surface area contributed by atoms with Crippen LogP contribution in [0.5, 0.6) is 0 Å². The van der Waals surface area contributed by atoms with Gasteiger partial charge in [0.2, 0.25) is 5.91 Å². The summed E-state index contributed by atoms with van der Waals surface area (Å²) in [5, 5.41) is 13.9. The zero-order chi connectivity index (χ0) is 20.8. The van der Waals surface area contributed by atoms with Crippen LogP contribution in [0.15, 0.2) is 29.1 Å². The summed E-state index contributed by atoms with van der Waals surface area (Å²) < 4.78 is 6.99. The average molecular weight is 417 g/mol. The van der Waals surface area contributed by atoms with E-state index < -0.39 is 0 Å². The van der Waals surface area contributed by atoms with Gasteiger partial charge in [0.25, 0.3) is 5.56 Å². The number of aromatic nitrogens is 1. The minimum atomic E-state index is -0.362. The second-order valence-corrected chi connectivity index (χ2v) is 7.18. The number of benzene rings is 1. The molecule has 0 spiro atoms. The molecular weight excluding hydrogens is 392 g/mol. The molecule has 29 heavy (non-hydrogen) atoms. The quantitative estimate of drug-likeness (QED) is 0.554. The Balaban J connectivity index is 2.08. The third kappa shape index (κ3) is 4.39. The number of likely N-dealkylation sites (tertiary alicyclic amines) is 1. The van der Waals surface area contributed by atoms with Gasteiger partial charge in [-0.15, -0.1) is 11.6 Å². The molecule has 1 N–H and O–H groups in total. The summed E-state index contributed by atoms with van der Waals surface area (Å²) in [6, 6.07) is 9.54. The Kier molecular flexibility index (Phi) is 7.13. The fourth-order valence-electron chi connectivity index (χ4n) is 3.81. The van der Waals surface area contributed by atoms with Gasteiger partial charge in [0.05, 0.1) is 17.8 Å². The summed E-state index contributed by atoms with van der Waals surface area (Å²) in [6.07, 6.45) is 2.29. The van der Waals surface area contributed by atoms with Crippen molar-refractivity contribution >= 4 is 34.1 Å². The number of rotatable bonds is 7. The molecule has 7 nitrogen and oxygen atoms in total. The third-order valence-electron chi connectivity index (χ3n) is 5.20. The number of nitrogens with zero attached hydrogens (tertiary/aromatic N) is 3. The second-order valence-electron chi connectivity index (χ2n) is 6.91. The molecule has 2 aromatic rings. The summed E-state index contributed by atoms with van der Waals surface area (Å²) in [7, 11) is 0. The second kappa shape index (κ2) is 9.77. The number of anilines is 1. The molecule has 0 radical (unpaired) electrons. The minimum Gasteiger partial charge on any atom is -0.380 e. The zero-order valence-corrected chi connectivity index (χ0v) is 17.2. The molecule has 154 valence electrons. The van der Waals surface area contributed by atoms with Gasteiger partial charge in [-0.05, 0) is 32.3 Å². The normalized spacial score (nSPS) is 16.6. The molecule has 1 aromatic carbocycles. The van der Waals surface area contributed by atoms with Gasteiger partial charge >= 0.3 is 0 Å².